The Kier molecular flexibility index (Phi) is 4.81. The van der Waals surface area contributed by atoms with Crippen molar-refractivity contribution in [1.82, 2.24) is 20.4 Å². The Hall–Kier alpha value is -2.08. The van der Waals surface area contributed by atoms with Crippen LogP contribution in [0.1, 0.15) is 53.4 Å². The third-order valence-corrected chi connectivity index (χ3v) is 4.44. The number of likely N-dealkylation sites (tertiary alicyclic amines) is 1. The van der Waals surface area contributed by atoms with Crippen LogP contribution in [0.4, 0.5) is 0 Å². The first kappa shape index (κ1) is 15.8. The number of aromatic amines is 1. The molecule has 6 nitrogen and oxygen atoms in total. The highest BCUT2D eigenvalue weighted by Gasteiger charge is 2.26. The van der Waals surface area contributed by atoms with Crippen molar-refractivity contribution >= 4 is 5.91 Å². The van der Waals surface area contributed by atoms with Crippen molar-refractivity contribution in [2.45, 2.75) is 39.2 Å². The smallest absolute Gasteiger partial charge is 0.254 e. The maximum atomic E-state index is 12.4. The standard InChI is InChI=1S/C17H24N4O2/c1-3-14-13(10-19-20-14)17(22)18-11-15(21-8-4-5-9-21)16-7-6-12(2)23-16/h6-7,10,15H,3-5,8-9,11H2,1-2H3,(H,18,22)(H,19,20)/t15-/m0/s1. The summed E-state index contributed by atoms with van der Waals surface area (Å²) in [7, 11) is 0. The molecule has 3 rings (SSSR count). The number of aryl methyl sites for hydroxylation is 2. The van der Waals surface area contributed by atoms with E-state index in [1.54, 1.807) is 6.20 Å². The van der Waals surface area contributed by atoms with Gasteiger partial charge in [0.05, 0.1) is 17.8 Å². The maximum absolute atomic E-state index is 12.4. The lowest BCUT2D eigenvalue weighted by Gasteiger charge is -2.26. The lowest BCUT2D eigenvalue weighted by molar-refractivity contribution is 0.0933. The van der Waals surface area contributed by atoms with Gasteiger partial charge in [0.1, 0.15) is 11.5 Å². The van der Waals surface area contributed by atoms with Crippen LogP contribution in [-0.4, -0.2) is 40.6 Å². The van der Waals surface area contributed by atoms with Crippen molar-refractivity contribution < 1.29 is 9.21 Å². The summed E-state index contributed by atoms with van der Waals surface area (Å²) in [6.45, 7) is 6.59. The number of nitrogens with one attached hydrogen (secondary N) is 2. The highest BCUT2D eigenvalue weighted by molar-refractivity contribution is 5.95. The zero-order valence-corrected chi connectivity index (χ0v) is 13.8. The average Bonchev–Trinajstić information content (AvgIpc) is 3.28. The molecular formula is C17H24N4O2. The first-order valence-electron chi connectivity index (χ1n) is 8.30. The van der Waals surface area contributed by atoms with E-state index in [0.717, 1.165) is 36.7 Å². The molecule has 1 fully saturated rings. The van der Waals surface area contributed by atoms with Crippen molar-refractivity contribution in [2.75, 3.05) is 19.6 Å². The Morgan fingerprint density at radius 2 is 2.22 bits per heavy atom. The van der Waals surface area contributed by atoms with E-state index in [1.165, 1.54) is 12.8 Å². The van der Waals surface area contributed by atoms with E-state index >= 15 is 0 Å². The molecule has 1 amide bonds. The Morgan fingerprint density at radius 3 is 2.87 bits per heavy atom. The van der Waals surface area contributed by atoms with Crippen LogP contribution < -0.4 is 5.32 Å². The van der Waals surface area contributed by atoms with E-state index in [9.17, 15) is 4.79 Å². The molecule has 1 saturated heterocycles. The monoisotopic (exact) mass is 316 g/mol. The van der Waals surface area contributed by atoms with Crippen LogP contribution in [0.25, 0.3) is 0 Å². The zero-order chi connectivity index (χ0) is 16.2. The van der Waals surface area contributed by atoms with Gasteiger partial charge >= 0.3 is 0 Å². The van der Waals surface area contributed by atoms with Gasteiger partial charge in [0.2, 0.25) is 0 Å². The van der Waals surface area contributed by atoms with Gasteiger partial charge in [-0.2, -0.15) is 5.10 Å². The highest BCUT2D eigenvalue weighted by atomic mass is 16.3. The second-order valence-corrected chi connectivity index (χ2v) is 6.03. The molecule has 6 heteroatoms. The molecular weight excluding hydrogens is 292 g/mol. The van der Waals surface area contributed by atoms with Gasteiger partial charge in [0, 0.05) is 12.2 Å². The molecule has 124 valence electrons. The number of amides is 1. The summed E-state index contributed by atoms with van der Waals surface area (Å²) in [5.74, 6) is 1.74. The molecule has 0 aromatic carbocycles. The van der Waals surface area contributed by atoms with Crippen molar-refractivity contribution in [2.24, 2.45) is 0 Å². The molecule has 0 aliphatic carbocycles. The number of carbonyl (C=O) groups excluding carboxylic acids is 1. The van der Waals surface area contributed by atoms with Crippen molar-refractivity contribution in [1.29, 1.82) is 0 Å². The molecule has 0 spiro atoms. The minimum Gasteiger partial charge on any atom is -0.465 e. The average molecular weight is 316 g/mol. The fourth-order valence-electron chi connectivity index (χ4n) is 3.16. The number of H-pyrrole nitrogens is 1. The molecule has 2 aromatic rings. The predicted molar refractivity (Wildman–Crippen MR) is 87.3 cm³/mol. The largest absolute Gasteiger partial charge is 0.465 e. The van der Waals surface area contributed by atoms with Gasteiger partial charge < -0.3 is 9.73 Å². The predicted octanol–water partition coefficient (Wildman–Crippen LogP) is 2.44. The fraction of sp³-hybridized carbons (Fsp3) is 0.529. The molecule has 0 radical (unpaired) electrons. The SMILES string of the molecule is CCc1[nH]ncc1C(=O)NC[C@@H](c1ccc(C)o1)N1CCCC1. The molecule has 1 atom stereocenters. The van der Waals surface area contributed by atoms with Gasteiger partial charge in [-0.25, -0.2) is 0 Å². The second-order valence-electron chi connectivity index (χ2n) is 6.03. The second kappa shape index (κ2) is 7.00. The van der Waals surface area contributed by atoms with Gasteiger partial charge in [-0.15, -0.1) is 0 Å². The van der Waals surface area contributed by atoms with Crippen LogP contribution >= 0.6 is 0 Å². The molecule has 1 aliphatic rings. The highest BCUT2D eigenvalue weighted by Crippen LogP contribution is 2.26. The van der Waals surface area contributed by atoms with Gasteiger partial charge in [-0.1, -0.05) is 6.92 Å². The van der Waals surface area contributed by atoms with Crippen molar-refractivity contribution in [3.05, 3.63) is 41.1 Å². The number of rotatable bonds is 6. The van der Waals surface area contributed by atoms with E-state index < -0.39 is 0 Å². The number of furan rings is 1. The fourth-order valence-corrected chi connectivity index (χ4v) is 3.16. The molecule has 0 saturated carbocycles. The summed E-state index contributed by atoms with van der Waals surface area (Å²) in [6.07, 6.45) is 4.75. The molecule has 0 bridgehead atoms. The summed E-state index contributed by atoms with van der Waals surface area (Å²) < 4.78 is 5.81. The quantitative estimate of drug-likeness (QED) is 0.858. The van der Waals surface area contributed by atoms with Gasteiger partial charge in [0.15, 0.2) is 0 Å². The van der Waals surface area contributed by atoms with Crippen LogP contribution in [0.5, 0.6) is 0 Å². The van der Waals surface area contributed by atoms with E-state index in [0.29, 0.717) is 12.1 Å². The topological polar surface area (TPSA) is 74.2 Å². The summed E-state index contributed by atoms with van der Waals surface area (Å²) in [6, 6.07) is 4.08. The van der Waals surface area contributed by atoms with Crippen molar-refractivity contribution in [3.8, 4) is 0 Å². The molecule has 2 N–H and O–H groups in total. The van der Waals surface area contributed by atoms with E-state index in [2.05, 4.69) is 20.4 Å². The van der Waals surface area contributed by atoms with E-state index in [1.807, 2.05) is 26.0 Å². The molecule has 3 heterocycles. The van der Waals surface area contributed by atoms with Gasteiger partial charge in [-0.3, -0.25) is 14.8 Å². The Morgan fingerprint density at radius 1 is 1.43 bits per heavy atom. The molecule has 1 aliphatic heterocycles. The van der Waals surface area contributed by atoms with Crippen LogP contribution in [0.15, 0.2) is 22.7 Å². The number of hydrogen-bond donors (Lipinski definition) is 2. The van der Waals surface area contributed by atoms with Crippen LogP contribution in [0.2, 0.25) is 0 Å². The Balaban J connectivity index is 1.70. The Bertz CT molecular complexity index is 655. The third kappa shape index (κ3) is 3.47. The molecule has 23 heavy (non-hydrogen) atoms. The lowest BCUT2D eigenvalue weighted by atomic mass is 10.1. The third-order valence-electron chi connectivity index (χ3n) is 4.44. The van der Waals surface area contributed by atoms with Gasteiger partial charge in [0.25, 0.3) is 5.91 Å². The van der Waals surface area contributed by atoms with E-state index in [-0.39, 0.29) is 11.9 Å². The van der Waals surface area contributed by atoms with Crippen LogP contribution in [-0.2, 0) is 6.42 Å². The summed E-state index contributed by atoms with van der Waals surface area (Å²) >= 11 is 0. The maximum Gasteiger partial charge on any atom is 0.254 e. The van der Waals surface area contributed by atoms with Crippen LogP contribution in [0, 0.1) is 6.92 Å². The zero-order valence-electron chi connectivity index (χ0n) is 13.8. The minimum absolute atomic E-state index is 0.0805. The molecule has 2 aromatic heterocycles. The summed E-state index contributed by atoms with van der Waals surface area (Å²) in [4.78, 5) is 14.8. The van der Waals surface area contributed by atoms with E-state index in [4.69, 9.17) is 4.42 Å². The number of aromatic nitrogens is 2. The van der Waals surface area contributed by atoms with Gasteiger partial charge in [-0.05, 0) is 51.4 Å². The van der Waals surface area contributed by atoms with Crippen LogP contribution in [0.3, 0.4) is 0 Å². The molecule has 0 unspecified atom stereocenters. The Labute approximate surface area is 136 Å². The first-order chi connectivity index (χ1) is 11.2. The number of nitrogens with zero attached hydrogens (tertiary/aromatic N) is 2. The normalized spacial score (nSPS) is 16.6. The number of carbonyl (C=O) groups is 1. The number of hydrogen-bond acceptors (Lipinski definition) is 4. The summed E-state index contributed by atoms with van der Waals surface area (Å²) in [5.41, 5.74) is 1.50. The first-order valence-corrected chi connectivity index (χ1v) is 8.30. The summed E-state index contributed by atoms with van der Waals surface area (Å²) in [5, 5.41) is 9.88. The lowest BCUT2D eigenvalue weighted by Crippen LogP contribution is -2.36. The minimum atomic E-state index is -0.0805. The van der Waals surface area contributed by atoms with Crippen molar-refractivity contribution in [3.63, 3.8) is 0 Å².